The van der Waals surface area contributed by atoms with Crippen LogP contribution in [0.15, 0.2) is 17.3 Å². The summed E-state index contributed by atoms with van der Waals surface area (Å²) in [6.45, 7) is 2.07. The van der Waals surface area contributed by atoms with Crippen molar-refractivity contribution in [2.24, 2.45) is 5.16 Å². The van der Waals surface area contributed by atoms with Gasteiger partial charge in [0.1, 0.15) is 0 Å². The molecular formula is C7H8ClNOS. The lowest BCUT2D eigenvalue weighted by molar-refractivity contribution is 0.321. The van der Waals surface area contributed by atoms with E-state index in [1.807, 2.05) is 12.1 Å². The first-order valence-electron chi connectivity index (χ1n) is 3.24. The van der Waals surface area contributed by atoms with Gasteiger partial charge in [0.05, 0.1) is 4.88 Å². The highest BCUT2D eigenvalue weighted by atomic mass is 35.5. The SMILES string of the molecule is CCc1ccc(/C(Cl)=N/O)s1. The predicted octanol–water partition coefficient (Wildman–Crippen LogP) is 2.69. The molecule has 0 fully saturated rings. The van der Waals surface area contributed by atoms with Crippen LogP contribution in [-0.4, -0.2) is 10.4 Å². The third-order valence-electron chi connectivity index (χ3n) is 1.30. The van der Waals surface area contributed by atoms with Crippen molar-refractivity contribution in [1.29, 1.82) is 0 Å². The van der Waals surface area contributed by atoms with Crippen LogP contribution < -0.4 is 0 Å². The molecule has 0 saturated heterocycles. The number of aryl methyl sites for hydroxylation is 1. The van der Waals surface area contributed by atoms with E-state index in [9.17, 15) is 0 Å². The van der Waals surface area contributed by atoms with E-state index in [2.05, 4.69) is 12.1 Å². The van der Waals surface area contributed by atoms with E-state index in [4.69, 9.17) is 16.8 Å². The summed E-state index contributed by atoms with van der Waals surface area (Å²) >= 11 is 7.11. The van der Waals surface area contributed by atoms with Gasteiger partial charge in [0, 0.05) is 4.88 Å². The topological polar surface area (TPSA) is 32.6 Å². The Hall–Kier alpha value is -0.540. The Morgan fingerprint density at radius 1 is 1.73 bits per heavy atom. The molecule has 0 saturated carbocycles. The third kappa shape index (κ3) is 1.94. The maximum atomic E-state index is 8.33. The normalized spacial score (nSPS) is 12.0. The van der Waals surface area contributed by atoms with Gasteiger partial charge in [-0.2, -0.15) is 0 Å². The Balaban J connectivity index is 2.89. The van der Waals surface area contributed by atoms with Crippen LogP contribution in [0.5, 0.6) is 0 Å². The van der Waals surface area contributed by atoms with Crippen LogP contribution in [0.2, 0.25) is 0 Å². The predicted molar refractivity (Wildman–Crippen MR) is 47.9 cm³/mol. The second kappa shape index (κ2) is 3.74. The van der Waals surface area contributed by atoms with Crippen molar-refractivity contribution >= 4 is 28.1 Å². The Bertz CT molecular complexity index is 269. The van der Waals surface area contributed by atoms with Crippen molar-refractivity contribution in [3.05, 3.63) is 21.9 Å². The van der Waals surface area contributed by atoms with Gasteiger partial charge in [0.25, 0.3) is 0 Å². The van der Waals surface area contributed by atoms with Gasteiger partial charge in [0.15, 0.2) is 5.17 Å². The summed E-state index contributed by atoms with van der Waals surface area (Å²) in [5.41, 5.74) is 0. The van der Waals surface area contributed by atoms with Crippen LogP contribution in [0.4, 0.5) is 0 Å². The third-order valence-corrected chi connectivity index (χ3v) is 2.93. The first-order valence-corrected chi connectivity index (χ1v) is 4.44. The lowest BCUT2D eigenvalue weighted by atomic mass is 10.4. The number of hydrogen-bond acceptors (Lipinski definition) is 3. The molecule has 1 rings (SSSR count). The van der Waals surface area contributed by atoms with E-state index < -0.39 is 0 Å². The Kier molecular flexibility index (Phi) is 2.91. The largest absolute Gasteiger partial charge is 0.410 e. The molecule has 11 heavy (non-hydrogen) atoms. The van der Waals surface area contributed by atoms with E-state index in [-0.39, 0.29) is 5.17 Å². The zero-order valence-electron chi connectivity index (χ0n) is 6.04. The summed E-state index contributed by atoms with van der Waals surface area (Å²) in [6.07, 6.45) is 0.986. The molecule has 1 aromatic rings. The number of halogens is 1. The van der Waals surface area contributed by atoms with E-state index in [1.54, 1.807) is 11.3 Å². The fourth-order valence-corrected chi connectivity index (χ4v) is 1.73. The van der Waals surface area contributed by atoms with E-state index in [0.717, 1.165) is 11.3 Å². The van der Waals surface area contributed by atoms with E-state index in [0.29, 0.717) is 0 Å². The molecular weight excluding hydrogens is 182 g/mol. The highest BCUT2D eigenvalue weighted by Crippen LogP contribution is 2.18. The van der Waals surface area contributed by atoms with Crippen LogP contribution in [0.1, 0.15) is 16.7 Å². The maximum absolute atomic E-state index is 8.33. The maximum Gasteiger partial charge on any atom is 0.185 e. The Morgan fingerprint density at radius 3 is 2.91 bits per heavy atom. The summed E-state index contributed by atoms with van der Waals surface area (Å²) in [5.74, 6) is 0. The standard InChI is InChI=1S/C7H8ClNOS/c1-2-5-3-4-6(11-5)7(8)9-10/h3-4,10H,2H2,1H3/b9-7-. The number of oxime groups is 1. The highest BCUT2D eigenvalue weighted by molar-refractivity contribution is 7.15. The molecule has 4 heteroatoms. The van der Waals surface area contributed by atoms with E-state index in [1.165, 1.54) is 4.88 Å². The summed E-state index contributed by atoms with van der Waals surface area (Å²) < 4.78 is 0. The molecule has 1 aromatic heterocycles. The zero-order valence-corrected chi connectivity index (χ0v) is 7.61. The van der Waals surface area contributed by atoms with Crippen molar-refractivity contribution in [2.75, 3.05) is 0 Å². The minimum Gasteiger partial charge on any atom is -0.410 e. The molecule has 0 radical (unpaired) electrons. The van der Waals surface area contributed by atoms with Gasteiger partial charge in [-0.05, 0) is 18.6 Å². The number of rotatable bonds is 2. The molecule has 1 N–H and O–H groups in total. The molecule has 0 unspecified atom stereocenters. The smallest absolute Gasteiger partial charge is 0.185 e. The molecule has 0 aliphatic rings. The molecule has 1 heterocycles. The lowest BCUT2D eigenvalue weighted by Crippen LogP contribution is -1.83. The van der Waals surface area contributed by atoms with Gasteiger partial charge in [-0.15, -0.1) is 11.3 Å². The molecule has 0 aliphatic heterocycles. The van der Waals surface area contributed by atoms with Crippen molar-refractivity contribution in [3.8, 4) is 0 Å². The summed E-state index contributed by atoms with van der Waals surface area (Å²) in [4.78, 5) is 2.05. The molecule has 0 spiro atoms. The van der Waals surface area contributed by atoms with Crippen molar-refractivity contribution in [3.63, 3.8) is 0 Å². The second-order valence-corrected chi connectivity index (χ2v) is 3.54. The minimum absolute atomic E-state index is 0.162. The Morgan fingerprint density at radius 2 is 2.45 bits per heavy atom. The monoisotopic (exact) mass is 189 g/mol. The van der Waals surface area contributed by atoms with Crippen LogP contribution in [-0.2, 0) is 6.42 Å². The number of thiophene rings is 1. The van der Waals surface area contributed by atoms with Gasteiger partial charge in [-0.3, -0.25) is 0 Å². The summed E-state index contributed by atoms with van der Waals surface area (Å²) in [5, 5.41) is 11.4. The van der Waals surface area contributed by atoms with Gasteiger partial charge < -0.3 is 5.21 Å². The highest BCUT2D eigenvalue weighted by Gasteiger charge is 2.03. The van der Waals surface area contributed by atoms with Crippen LogP contribution in [0.25, 0.3) is 0 Å². The summed E-state index contributed by atoms with van der Waals surface area (Å²) in [7, 11) is 0. The molecule has 2 nitrogen and oxygen atoms in total. The lowest BCUT2D eigenvalue weighted by Gasteiger charge is -1.86. The van der Waals surface area contributed by atoms with Crippen molar-refractivity contribution in [1.82, 2.24) is 0 Å². The van der Waals surface area contributed by atoms with Gasteiger partial charge in [-0.1, -0.05) is 23.7 Å². The Labute approximate surface area is 74.1 Å². The number of hydrogen-bond donors (Lipinski definition) is 1. The average Bonchev–Trinajstić information content (AvgIpc) is 2.50. The molecule has 0 bridgehead atoms. The van der Waals surface area contributed by atoms with E-state index >= 15 is 0 Å². The second-order valence-electron chi connectivity index (χ2n) is 2.01. The molecule has 0 aromatic carbocycles. The molecule has 0 amide bonds. The first-order chi connectivity index (χ1) is 5.27. The van der Waals surface area contributed by atoms with Crippen molar-refractivity contribution < 1.29 is 5.21 Å². The van der Waals surface area contributed by atoms with Gasteiger partial charge in [-0.25, -0.2) is 0 Å². The fraction of sp³-hybridized carbons (Fsp3) is 0.286. The van der Waals surface area contributed by atoms with Crippen LogP contribution >= 0.6 is 22.9 Å². The first kappa shape index (κ1) is 8.56. The van der Waals surface area contributed by atoms with Gasteiger partial charge >= 0.3 is 0 Å². The summed E-state index contributed by atoms with van der Waals surface area (Å²) in [6, 6.07) is 3.83. The van der Waals surface area contributed by atoms with Crippen LogP contribution in [0, 0.1) is 0 Å². The molecule has 60 valence electrons. The minimum atomic E-state index is 0.162. The number of nitrogens with zero attached hydrogens (tertiary/aromatic N) is 1. The molecule has 0 aliphatic carbocycles. The zero-order chi connectivity index (χ0) is 8.27. The molecule has 0 atom stereocenters. The average molecular weight is 190 g/mol. The quantitative estimate of drug-likeness (QED) is 0.433. The fourth-order valence-electron chi connectivity index (χ4n) is 0.728. The van der Waals surface area contributed by atoms with Gasteiger partial charge in [0.2, 0.25) is 0 Å². The van der Waals surface area contributed by atoms with Crippen LogP contribution in [0.3, 0.4) is 0 Å². The van der Waals surface area contributed by atoms with Crippen molar-refractivity contribution in [2.45, 2.75) is 13.3 Å².